The fourth-order valence-corrected chi connectivity index (χ4v) is 3.93. The van der Waals surface area contributed by atoms with Gasteiger partial charge in [0.25, 0.3) is 11.5 Å². The number of nitrogens with zero attached hydrogens (tertiary/aromatic N) is 4. The van der Waals surface area contributed by atoms with Gasteiger partial charge >= 0.3 is 0 Å². The molecule has 1 amide bonds. The molecule has 0 fully saturated rings. The Hall–Kier alpha value is -4.11. The molecule has 3 aromatic heterocycles. The Morgan fingerprint density at radius 2 is 1.76 bits per heavy atom. The molecule has 33 heavy (non-hydrogen) atoms. The van der Waals surface area contributed by atoms with Crippen LogP contribution in [0.2, 0.25) is 0 Å². The summed E-state index contributed by atoms with van der Waals surface area (Å²) in [6, 6.07) is 15.7. The SMILES string of the molecule is COc1ccc(NC(=O)c2cc(=O)n(Cc3cccnc3)c(=NCc3cccnc3)s2)cc1. The molecule has 0 saturated carbocycles. The van der Waals surface area contributed by atoms with E-state index < -0.39 is 0 Å². The number of pyridine rings is 2. The van der Waals surface area contributed by atoms with E-state index >= 15 is 0 Å². The molecular formula is C24H21N5O3S. The van der Waals surface area contributed by atoms with Crippen molar-refractivity contribution >= 4 is 22.9 Å². The monoisotopic (exact) mass is 459 g/mol. The second-order valence-corrected chi connectivity index (χ2v) is 8.05. The first kappa shape index (κ1) is 22.1. The summed E-state index contributed by atoms with van der Waals surface area (Å²) in [7, 11) is 1.58. The summed E-state index contributed by atoms with van der Waals surface area (Å²) in [6.45, 7) is 0.635. The van der Waals surface area contributed by atoms with E-state index in [1.165, 1.54) is 6.07 Å². The predicted molar refractivity (Wildman–Crippen MR) is 126 cm³/mol. The molecule has 9 heteroatoms. The van der Waals surface area contributed by atoms with Crippen LogP contribution in [0.5, 0.6) is 5.75 Å². The highest BCUT2D eigenvalue weighted by atomic mass is 32.1. The predicted octanol–water partition coefficient (Wildman–Crippen LogP) is 3.11. The molecule has 0 aliphatic carbocycles. The molecule has 4 rings (SSSR count). The van der Waals surface area contributed by atoms with Gasteiger partial charge in [-0.2, -0.15) is 0 Å². The number of benzene rings is 1. The Balaban J connectivity index is 1.68. The van der Waals surface area contributed by atoms with Gasteiger partial charge in [-0.15, -0.1) is 0 Å². The Kier molecular flexibility index (Phi) is 7.01. The van der Waals surface area contributed by atoms with Crippen LogP contribution in [0.25, 0.3) is 0 Å². The van der Waals surface area contributed by atoms with Crippen LogP contribution >= 0.6 is 11.3 Å². The molecule has 0 unspecified atom stereocenters. The van der Waals surface area contributed by atoms with Crippen LogP contribution in [0, 0.1) is 0 Å². The lowest BCUT2D eigenvalue weighted by molar-refractivity contribution is 0.103. The highest BCUT2D eigenvalue weighted by Crippen LogP contribution is 2.16. The number of hydrogen-bond acceptors (Lipinski definition) is 7. The van der Waals surface area contributed by atoms with Gasteiger partial charge in [-0.05, 0) is 47.5 Å². The molecule has 1 N–H and O–H groups in total. The summed E-state index contributed by atoms with van der Waals surface area (Å²) in [5, 5.41) is 2.81. The van der Waals surface area contributed by atoms with Crippen molar-refractivity contribution in [2.24, 2.45) is 4.99 Å². The third kappa shape index (κ3) is 5.78. The quantitative estimate of drug-likeness (QED) is 0.458. The van der Waals surface area contributed by atoms with Crippen molar-refractivity contribution in [3.05, 3.63) is 111 Å². The molecule has 4 aromatic rings. The van der Waals surface area contributed by atoms with E-state index in [1.54, 1.807) is 60.7 Å². The highest BCUT2D eigenvalue weighted by molar-refractivity contribution is 7.11. The Morgan fingerprint density at radius 1 is 1.06 bits per heavy atom. The average Bonchev–Trinajstić information content (AvgIpc) is 2.86. The minimum absolute atomic E-state index is 0.267. The number of aromatic nitrogens is 3. The highest BCUT2D eigenvalue weighted by Gasteiger charge is 2.12. The van der Waals surface area contributed by atoms with E-state index in [0.717, 1.165) is 22.5 Å². The van der Waals surface area contributed by atoms with Crippen molar-refractivity contribution in [1.29, 1.82) is 0 Å². The largest absolute Gasteiger partial charge is 0.497 e. The van der Waals surface area contributed by atoms with Gasteiger partial charge in [-0.1, -0.05) is 23.5 Å². The van der Waals surface area contributed by atoms with Gasteiger partial charge in [-0.3, -0.25) is 29.1 Å². The zero-order valence-electron chi connectivity index (χ0n) is 17.8. The van der Waals surface area contributed by atoms with Crippen molar-refractivity contribution < 1.29 is 9.53 Å². The number of anilines is 1. The van der Waals surface area contributed by atoms with Gasteiger partial charge < -0.3 is 10.1 Å². The fourth-order valence-electron chi connectivity index (χ4n) is 3.03. The Bertz CT molecular complexity index is 1350. The maximum Gasteiger partial charge on any atom is 0.266 e. The third-order valence-electron chi connectivity index (χ3n) is 4.71. The van der Waals surface area contributed by atoms with Crippen molar-refractivity contribution in [2.75, 3.05) is 12.4 Å². The second-order valence-electron chi connectivity index (χ2n) is 7.04. The zero-order valence-corrected chi connectivity index (χ0v) is 18.7. The first-order chi connectivity index (χ1) is 16.1. The number of amides is 1. The second kappa shape index (κ2) is 10.5. The molecule has 0 atom stereocenters. The molecule has 0 aliphatic heterocycles. The molecule has 0 aliphatic rings. The minimum atomic E-state index is -0.381. The van der Waals surface area contributed by atoms with E-state index in [9.17, 15) is 9.59 Å². The molecule has 1 aromatic carbocycles. The van der Waals surface area contributed by atoms with E-state index in [2.05, 4.69) is 20.3 Å². The minimum Gasteiger partial charge on any atom is -0.497 e. The topological polar surface area (TPSA) is 98.5 Å². The number of carbonyl (C=O) groups is 1. The van der Waals surface area contributed by atoms with Crippen molar-refractivity contribution in [1.82, 2.24) is 14.5 Å². The molecule has 3 heterocycles. The maximum atomic E-state index is 13.0. The Morgan fingerprint density at radius 3 is 2.39 bits per heavy atom. The number of nitrogens with one attached hydrogen (secondary N) is 1. The van der Waals surface area contributed by atoms with Crippen LogP contribution in [0.1, 0.15) is 20.8 Å². The fraction of sp³-hybridized carbons (Fsp3) is 0.125. The first-order valence-corrected chi connectivity index (χ1v) is 10.9. The smallest absolute Gasteiger partial charge is 0.266 e. The van der Waals surface area contributed by atoms with Gasteiger partial charge in [0.1, 0.15) is 10.6 Å². The average molecular weight is 460 g/mol. The lowest BCUT2D eigenvalue weighted by Crippen LogP contribution is -2.33. The van der Waals surface area contributed by atoms with Crippen molar-refractivity contribution in [3.8, 4) is 5.75 Å². The Labute approximate surface area is 193 Å². The molecule has 8 nitrogen and oxygen atoms in total. The van der Waals surface area contributed by atoms with E-state index in [4.69, 9.17) is 4.74 Å². The van der Waals surface area contributed by atoms with Crippen LogP contribution in [0.4, 0.5) is 5.69 Å². The molecule has 166 valence electrons. The lowest BCUT2D eigenvalue weighted by atomic mass is 10.3. The zero-order chi connectivity index (χ0) is 23.0. The van der Waals surface area contributed by atoms with Gasteiger partial charge in [0.2, 0.25) is 0 Å². The van der Waals surface area contributed by atoms with Crippen LogP contribution in [0.3, 0.4) is 0 Å². The molecule has 0 spiro atoms. The van der Waals surface area contributed by atoms with Crippen molar-refractivity contribution in [3.63, 3.8) is 0 Å². The summed E-state index contributed by atoms with van der Waals surface area (Å²) in [6.07, 6.45) is 6.79. The lowest BCUT2D eigenvalue weighted by Gasteiger charge is -2.09. The number of carbonyl (C=O) groups excluding carboxylic acids is 1. The first-order valence-electron chi connectivity index (χ1n) is 10.1. The maximum absolute atomic E-state index is 13.0. The standard InChI is InChI=1S/C24H21N5O3S/c1-32-20-8-6-19(7-9-20)28-23(31)21-12-22(30)29(16-18-5-3-11-26-14-18)24(33-21)27-15-17-4-2-10-25-13-17/h2-14H,15-16H2,1H3,(H,28,31). The number of ether oxygens (including phenoxy) is 1. The normalized spacial score (nSPS) is 11.2. The molecule has 0 bridgehead atoms. The number of methoxy groups -OCH3 is 1. The molecule has 0 radical (unpaired) electrons. The number of hydrogen-bond donors (Lipinski definition) is 1. The van der Waals surface area contributed by atoms with Crippen LogP contribution in [0.15, 0.2) is 89.2 Å². The van der Waals surface area contributed by atoms with Gasteiger partial charge in [0.15, 0.2) is 4.80 Å². The summed E-state index contributed by atoms with van der Waals surface area (Å²) in [5.74, 6) is 0.305. The summed E-state index contributed by atoms with van der Waals surface area (Å²) < 4.78 is 6.68. The van der Waals surface area contributed by atoms with Crippen LogP contribution in [-0.2, 0) is 13.1 Å². The summed E-state index contributed by atoms with van der Waals surface area (Å²) in [5.41, 5.74) is 2.04. The van der Waals surface area contributed by atoms with E-state index in [-0.39, 0.29) is 16.3 Å². The molecular weight excluding hydrogens is 438 g/mol. The van der Waals surface area contributed by atoms with Gasteiger partial charge in [0.05, 0.1) is 20.2 Å². The van der Waals surface area contributed by atoms with Gasteiger partial charge in [-0.25, -0.2) is 0 Å². The third-order valence-corrected chi connectivity index (χ3v) is 5.76. The van der Waals surface area contributed by atoms with Crippen LogP contribution in [-0.4, -0.2) is 27.6 Å². The molecule has 0 saturated heterocycles. The summed E-state index contributed by atoms with van der Waals surface area (Å²) >= 11 is 1.16. The van der Waals surface area contributed by atoms with Gasteiger partial charge in [0, 0.05) is 36.5 Å². The van der Waals surface area contributed by atoms with Crippen molar-refractivity contribution in [2.45, 2.75) is 13.1 Å². The number of rotatable bonds is 7. The summed E-state index contributed by atoms with van der Waals surface area (Å²) in [4.78, 5) is 39.4. The van der Waals surface area contributed by atoms with E-state index in [0.29, 0.717) is 29.3 Å². The van der Waals surface area contributed by atoms with E-state index in [1.807, 2.05) is 24.3 Å². The van der Waals surface area contributed by atoms with Crippen LogP contribution < -0.4 is 20.4 Å².